The highest BCUT2D eigenvalue weighted by molar-refractivity contribution is 6.99. The molecule has 0 saturated carbocycles. The van der Waals surface area contributed by atoms with Gasteiger partial charge in [0.1, 0.15) is 11.4 Å². The van der Waals surface area contributed by atoms with Crippen LogP contribution in [-0.2, 0) is 0 Å². The van der Waals surface area contributed by atoms with Gasteiger partial charge in [-0.15, -0.1) is 0 Å². The maximum absolute atomic E-state index is 4.13. The van der Waals surface area contributed by atoms with E-state index < -0.39 is 0 Å². The predicted octanol–water partition coefficient (Wildman–Crippen LogP) is 1.04. The van der Waals surface area contributed by atoms with E-state index >= 15 is 0 Å². The molecule has 0 spiro atoms. The molecule has 0 unspecified atom stereocenters. The van der Waals surface area contributed by atoms with Crippen LogP contribution in [-0.4, -0.2) is 25.8 Å². The van der Waals surface area contributed by atoms with Crippen molar-refractivity contribution in [1.82, 2.24) is 18.7 Å². The number of aromatic nitrogens is 4. The van der Waals surface area contributed by atoms with Crippen molar-refractivity contribution in [3.05, 3.63) is 18.6 Å². The first-order chi connectivity index (χ1) is 6.42. The van der Waals surface area contributed by atoms with E-state index in [4.69, 9.17) is 0 Å². The molecule has 0 aliphatic heterocycles. The summed E-state index contributed by atoms with van der Waals surface area (Å²) in [7, 11) is 1.80. The molecule has 13 heavy (non-hydrogen) atoms. The first-order valence-electron chi connectivity index (χ1n) is 3.68. The zero-order chi connectivity index (χ0) is 9.10. The summed E-state index contributed by atoms with van der Waals surface area (Å²) >= 11 is 1.16. The van der Waals surface area contributed by atoms with Crippen LogP contribution in [0.3, 0.4) is 0 Å². The molecule has 0 aliphatic rings. The minimum absolute atomic E-state index is 0.737. The van der Waals surface area contributed by atoms with Gasteiger partial charge < -0.3 is 5.32 Å². The maximum Gasteiger partial charge on any atom is 0.169 e. The summed E-state index contributed by atoms with van der Waals surface area (Å²) in [4.78, 5) is 8.09. The minimum atomic E-state index is 0.737. The predicted molar refractivity (Wildman–Crippen MR) is 50.5 cm³/mol. The molecule has 0 fully saturated rings. The molecule has 0 bridgehead atoms. The molecule has 2 aromatic rings. The average molecular weight is 193 g/mol. The van der Waals surface area contributed by atoms with Gasteiger partial charge in [0.25, 0.3) is 0 Å². The van der Waals surface area contributed by atoms with E-state index in [0.717, 1.165) is 28.9 Å². The van der Waals surface area contributed by atoms with E-state index in [-0.39, 0.29) is 0 Å². The summed E-state index contributed by atoms with van der Waals surface area (Å²) < 4.78 is 8.19. The molecular weight excluding hydrogens is 186 g/mol. The lowest BCUT2D eigenvalue weighted by Crippen LogP contribution is -1.92. The van der Waals surface area contributed by atoms with Gasteiger partial charge >= 0.3 is 0 Å². The molecule has 0 atom stereocenters. The van der Waals surface area contributed by atoms with Crippen molar-refractivity contribution in [2.45, 2.75) is 0 Å². The Morgan fingerprint density at radius 2 is 2.23 bits per heavy atom. The second-order valence-electron chi connectivity index (χ2n) is 2.30. The smallest absolute Gasteiger partial charge is 0.169 e. The topological polar surface area (TPSA) is 63.6 Å². The van der Waals surface area contributed by atoms with Crippen molar-refractivity contribution in [2.75, 3.05) is 12.4 Å². The summed E-state index contributed by atoms with van der Waals surface area (Å²) in [5.74, 6) is 0.741. The third kappa shape index (κ3) is 1.48. The van der Waals surface area contributed by atoms with Crippen LogP contribution in [0.15, 0.2) is 18.6 Å². The fourth-order valence-electron chi connectivity index (χ4n) is 0.942. The molecular formula is C7H7N5S. The Bertz CT molecular complexity index is 385. The summed E-state index contributed by atoms with van der Waals surface area (Å²) in [5.41, 5.74) is 1.49. The molecule has 6 heteroatoms. The van der Waals surface area contributed by atoms with Crippen LogP contribution in [0.4, 0.5) is 5.82 Å². The molecule has 0 aliphatic carbocycles. The number of hydrogen-bond donors (Lipinski definition) is 1. The molecule has 0 saturated heterocycles. The van der Waals surface area contributed by atoms with E-state index in [0.29, 0.717) is 0 Å². The van der Waals surface area contributed by atoms with E-state index in [1.54, 1.807) is 25.6 Å². The Morgan fingerprint density at radius 3 is 2.92 bits per heavy atom. The van der Waals surface area contributed by atoms with E-state index in [2.05, 4.69) is 24.0 Å². The zero-order valence-corrected chi connectivity index (χ0v) is 7.75. The average Bonchev–Trinajstić information content (AvgIpc) is 2.67. The number of nitrogens with one attached hydrogen (secondary N) is 1. The van der Waals surface area contributed by atoms with Gasteiger partial charge in [-0.1, -0.05) is 0 Å². The number of anilines is 1. The number of rotatable bonds is 2. The molecule has 5 nitrogen and oxygen atoms in total. The largest absolute Gasteiger partial charge is 0.370 e. The lowest BCUT2D eigenvalue weighted by Gasteiger charge is -1.96. The molecule has 0 amide bonds. The van der Waals surface area contributed by atoms with Crippen molar-refractivity contribution in [2.24, 2.45) is 0 Å². The first kappa shape index (κ1) is 8.06. The van der Waals surface area contributed by atoms with Crippen LogP contribution in [0.25, 0.3) is 11.4 Å². The lowest BCUT2D eigenvalue weighted by atomic mass is 10.3. The second kappa shape index (κ2) is 3.44. The lowest BCUT2D eigenvalue weighted by molar-refractivity contribution is 1.19. The summed E-state index contributed by atoms with van der Waals surface area (Å²) in [6, 6.07) is 0. The van der Waals surface area contributed by atoms with Gasteiger partial charge in [-0.2, -0.15) is 8.75 Å². The van der Waals surface area contributed by atoms with Crippen LogP contribution >= 0.6 is 11.7 Å². The molecule has 2 rings (SSSR count). The van der Waals surface area contributed by atoms with E-state index in [9.17, 15) is 0 Å². The normalized spacial score (nSPS) is 9.92. The highest BCUT2D eigenvalue weighted by Crippen LogP contribution is 2.21. The van der Waals surface area contributed by atoms with Crippen molar-refractivity contribution in [3.8, 4) is 11.4 Å². The summed E-state index contributed by atoms with van der Waals surface area (Å²) in [6.07, 6.45) is 4.92. The molecule has 2 heterocycles. The molecule has 2 aromatic heterocycles. The van der Waals surface area contributed by atoms with Gasteiger partial charge in [0.15, 0.2) is 5.82 Å². The van der Waals surface area contributed by atoms with E-state index in [1.165, 1.54) is 0 Å². The van der Waals surface area contributed by atoms with Crippen molar-refractivity contribution in [1.29, 1.82) is 0 Å². The van der Waals surface area contributed by atoms with Crippen LogP contribution in [0.1, 0.15) is 0 Å². The fourth-order valence-corrected chi connectivity index (χ4v) is 1.50. The van der Waals surface area contributed by atoms with Gasteiger partial charge in [0.05, 0.1) is 17.9 Å². The SMILES string of the molecule is CNc1nsnc1-c1cnccn1. The van der Waals surface area contributed by atoms with Crippen molar-refractivity contribution < 1.29 is 0 Å². The van der Waals surface area contributed by atoms with Crippen LogP contribution in [0.5, 0.6) is 0 Å². The Hall–Kier alpha value is -1.56. The molecule has 0 radical (unpaired) electrons. The molecule has 1 N–H and O–H groups in total. The highest BCUT2D eigenvalue weighted by atomic mass is 32.1. The first-order valence-corrected chi connectivity index (χ1v) is 4.41. The molecule has 0 aromatic carbocycles. The molecule has 66 valence electrons. The maximum atomic E-state index is 4.13. The Kier molecular flexibility index (Phi) is 2.13. The van der Waals surface area contributed by atoms with Gasteiger partial charge in [-0.25, -0.2) is 0 Å². The second-order valence-corrected chi connectivity index (χ2v) is 2.83. The van der Waals surface area contributed by atoms with Gasteiger partial charge in [0.2, 0.25) is 0 Å². The summed E-state index contributed by atoms with van der Waals surface area (Å²) in [6.45, 7) is 0. The Balaban J connectivity index is 2.47. The third-order valence-electron chi connectivity index (χ3n) is 1.53. The van der Waals surface area contributed by atoms with Crippen LogP contribution in [0.2, 0.25) is 0 Å². The number of hydrogen-bond acceptors (Lipinski definition) is 6. The Morgan fingerprint density at radius 1 is 1.31 bits per heavy atom. The fraction of sp³-hybridized carbons (Fsp3) is 0.143. The van der Waals surface area contributed by atoms with Crippen molar-refractivity contribution >= 4 is 17.5 Å². The quantitative estimate of drug-likeness (QED) is 0.772. The van der Waals surface area contributed by atoms with Crippen LogP contribution in [0, 0.1) is 0 Å². The van der Waals surface area contributed by atoms with Gasteiger partial charge in [0, 0.05) is 19.4 Å². The third-order valence-corrected chi connectivity index (χ3v) is 2.06. The number of nitrogens with zero attached hydrogens (tertiary/aromatic N) is 4. The monoisotopic (exact) mass is 193 g/mol. The summed E-state index contributed by atoms with van der Waals surface area (Å²) in [5, 5.41) is 2.94. The van der Waals surface area contributed by atoms with Gasteiger partial charge in [-0.3, -0.25) is 9.97 Å². The van der Waals surface area contributed by atoms with Crippen molar-refractivity contribution in [3.63, 3.8) is 0 Å². The zero-order valence-electron chi connectivity index (χ0n) is 6.93. The van der Waals surface area contributed by atoms with Gasteiger partial charge in [-0.05, 0) is 0 Å². The standard InChI is InChI=1S/C7H7N5S/c1-8-7-6(11-13-12-7)5-4-9-2-3-10-5/h2-4H,1H3,(H,8,12). The van der Waals surface area contributed by atoms with E-state index in [1.807, 2.05) is 0 Å². The minimum Gasteiger partial charge on any atom is -0.370 e. The highest BCUT2D eigenvalue weighted by Gasteiger charge is 2.09. The van der Waals surface area contributed by atoms with Crippen LogP contribution < -0.4 is 5.32 Å². The Labute approximate surface area is 79.2 Å².